The molecule has 0 radical (unpaired) electrons. The van der Waals surface area contributed by atoms with Crippen molar-refractivity contribution in [1.29, 1.82) is 0 Å². The van der Waals surface area contributed by atoms with Gasteiger partial charge in [0.1, 0.15) is 6.61 Å². The molecule has 0 aliphatic rings. The van der Waals surface area contributed by atoms with E-state index in [1.165, 1.54) is 0 Å². The summed E-state index contributed by atoms with van der Waals surface area (Å²) in [6.45, 7) is 0.682. The molecule has 1 aromatic heterocycles. The predicted octanol–water partition coefficient (Wildman–Crippen LogP) is 2.37. The summed E-state index contributed by atoms with van der Waals surface area (Å²) < 4.78 is 42.4. The number of hydrogen-bond acceptors (Lipinski definition) is 4. The second-order valence-corrected chi connectivity index (χ2v) is 4.89. The SMILES string of the molecule is NCc1ccc(C(=O)NCCOc2ccc(C(F)(F)F)cn2)cc1. The molecule has 0 atom stereocenters. The number of carbonyl (C=O) groups excluding carboxylic acids is 1. The maximum absolute atomic E-state index is 12.4. The summed E-state index contributed by atoms with van der Waals surface area (Å²) in [7, 11) is 0. The summed E-state index contributed by atoms with van der Waals surface area (Å²) in [5, 5.41) is 2.64. The predicted molar refractivity (Wildman–Crippen MR) is 81.4 cm³/mol. The maximum Gasteiger partial charge on any atom is 0.417 e. The van der Waals surface area contributed by atoms with Crippen LogP contribution < -0.4 is 15.8 Å². The van der Waals surface area contributed by atoms with Gasteiger partial charge in [-0.05, 0) is 23.8 Å². The molecule has 128 valence electrons. The number of rotatable bonds is 6. The fourth-order valence-corrected chi connectivity index (χ4v) is 1.85. The number of alkyl halides is 3. The molecule has 3 N–H and O–H groups in total. The van der Waals surface area contributed by atoms with Crippen molar-refractivity contribution in [3.63, 3.8) is 0 Å². The van der Waals surface area contributed by atoms with E-state index in [1.807, 2.05) is 0 Å². The smallest absolute Gasteiger partial charge is 0.417 e. The Balaban J connectivity index is 1.77. The Kier molecular flexibility index (Phi) is 5.75. The molecule has 0 bridgehead atoms. The zero-order valence-electron chi connectivity index (χ0n) is 12.6. The van der Waals surface area contributed by atoms with Crippen molar-refractivity contribution in [3.05, 3.63) is 59.3 Å². The fraction of sp³-hybridized carbons (Fsp3) is 0.250. The van der Waals surface area contributed by atoms with Crippen LogP contribution in [0, 0.1) is 0 Å². The van der Waals surface area contributed by atoms with Gasteiger partial charge in [-0.25, -0.2) is 4.98 Å². The van der Waals surface area contributed by atoms with Crippen molar-refractivity contribution < 1.29 is 22.7 Å². The second kappa shape index (κ2) is 7.78. The number of ether oxygens (including phenoxy) is 1. The second-order valence-electron chi connectivity index (χ2n) is 4.89. The fourth-order valence-electron chi connectivity index (χ4n) is 1.85. The van der Waals surface area contributed by atoms with E-state index in [4.69, 9.17) is 10.5 Å². The zero-order valence-corrected chi connectivity index (χ0v) is 12.6. The third-order valence-electron chi connectivity index (χ3n) is 3.15. The van der Waals surface area contributed by atoms with Crippen LogP contribution in [-0.4, -0.2) is 24.0 Å². The lowest BCUT2D eigenvalue weighted by Crippen LogP contribution is -2.28. The highest BCUT2D eigenvalue weighted by Gasteiger charge is 2.30. The number of benzene rings is 1. The largest absolute Gasteiger partial charge is 0.476 e. The monoisotopic (exact) mass is 339 g/mol. The first kappa shape index (κ1) is 17.7. The molecular formula is C16H16F3N3O2. The Hall–Kier alpha value is -2.61. The number of carbonyl (C=O) groups is 1. The standard InChI is InChI=1S/C16H16F3N3O2/c17-16(18,19)13-5-6-14(22-10-13)24-8-7-21-15(23)12-3-1-11(9-20)2-4-12/h1-6,10H,7-9,20H2,(H,21,23). The van der Waals surface area contributed by atoms with Crippen molar-refractivity contribution >= 4 is 5.91 Å². The summed E-state index contributed by atoms with van der Waals surface area (Å²) in [5.74, 6) is -0.216. The van der Waals surface area contributed by atoms with Crippen LogP contribution in [0.4, 0.5) is 13.2 Å². The Morgan fingerprint density at radius 3 is 2.42 bits per heavy atom. The highest BCUT2D eigenvalue weighted by molar-refractivity contribution is 5.94. The van der Waals surface area contributed by atoms with Gasteiger partial charge in [-0.3, -0.25) is 4.79 Å². The summed E-state index contributed by atoms with van der Waals surface area (Å²) in [6, 6.07) is 8.87. The van der Waals surface area contributed by atoms with Crippen molar-refractivity contribution in [2.75, 3.05) is 13.2 Å². The molecule has 0 aliphatic carbocycles. The van der Waals surface area contributed by atoms with E-state index in [0.717, 1.165) is 17.7 Å². The molecule has 2 rings (SSSR count). The molecule has 2 aromatic rings. The van der Waals surface area contributed by atoms with E-state index >= 15 is 0 Å². The van der Waals surface area contributed by atoms with Gasteiger partial charge in [0.2, 0.25) is 5.88 Å². The molecule has 0 unspecified atom stereocenters. The third-order valence-corrected chi connectivity index (χ3v) is 3.15. The minimum absolute atomic E-state index is 0.0598. The van der Waals surface area contributed by atoms with Gasteiger partial charge in [-0.2, -0.15) is 13.2 Å². The average molecular weight is 339 g/mol. The van der Waals surface area contributed by atoms with Crippen LogP contribution in [-0.2, 0) is 12.7 Å². The highest BCUT2D eigenvalue weighted by atomic mass is 19.4. The summed E-state index contributed by atoms with van der Waals surface area (Å²) in [5.41, 5.74) is 6.04. The van der Waals surface area contributed by atoms with Crippen molar-refractivity contribution in [2.45, 2.75) is 12.7 Å². The van der Waals surface area contributed by atoms with Gasteiger partial charge in [0, 0.05) is 24.4 Å². The Morgan fingerprint density at radius 1 is 1.17 bits per heavy atom. The summed E-state index contributed by atoms with van der Waals surface area (Å²) in [4.78, 5) is 15.4. The Morgan fingerprint density at radius 2 is 1.88 bits per heavy atom. The molecule has 1 heterocycles. The number of amides is 1. The van der Waals surface area contributed by atoms with E-state index in [-0.39, 0.29) is 24.9 Å². The molecule has 24 heavy (non-hydrogen) atoms. The van der Waals surface area contributed by atoms with Crippen LogP contribution in [0.5, 0.6) is 5.88 Å². The lowest BCUT2D eigenvalue weighted by molar-refractivity contribution is -0.137. The number of aromatic nitrogens is 1. The quantitative estimate of drug-likeness (QED) is 0.792. The van der Waals surface area contributed by atoms with E-state index in [2.05, 4.69) is 10.3 Å². The molecule has 1 aromatic carbocycles. The molecule has 5 nitrogen and oxygen atoms in total. The first-order valence-electron chi connectivity index (χ1n) is 7.13. The van der Waals surface area contributed by atoms with Crippen LogP contribution in [0.2, 0.25) is 0 Å². The highest BCUT2D eigenvalue weighted by Crippen LogP contribution is 2.29. The van der Waals surface area contributed by atoms with Gasteiger partial charge < -0.3 is 15.8 Å². The van der Waals surface area contributed by atoms with Gasteiger partial charge in [-0.1, -0.05) is 12.1 Å². The third kappa shape index (κ3) is 4.95. The molecule has 0 spiro atoms. The summed E-state index contributed by atoms with van der Waals surface area (Å²) in [6.07, 6.45) is -3.73. The summed E-state index contributed by atoms with van der Waals surface area (Å²) >= 11 is 0. The molecule has 0 saturated carbocycles. The van der Waals surface area contributed by atoms with Gasteiger partial charge in [0.25, 0.3) is 5.91 Å². The average Bonchev–Trinajstić information content (AvgIpc) is 2.58. The minimum Gasteiger partial charge on any atom is -0.476 e. The number of pyridine rings is 1. The first-order chi connectivity index (χ1) is 11.4. The molecule has 0 aliphatic heterocycles. The van der Waals surface area contributed by atoms with Gasteiger partial charge in [0.15, 0.2) is 0 Å². The minimum atomic E-state index is -4.43. The van der Waals surface area contributed by atoms with E-state index in [9.17, 15) is 18.0 Å². The molecule has 8 heteroatoms. The number of nitrogens with one attached hydrogen (secondary N) is 1. The van der Waals surface area contributed by atoms with Crippen LogP contribution in [0.25, 0.3) is 0 Å². The number of nitrogens with two attached hydrogens (primary N) is 1. The molecule has 1 amide bonds. The molecule has 0 fully saturated rings. The number of hydrogen-bond donors (Lipinski definition) is 2. The lowest BCUT2D eigenvalue weighted by atomic mass is 10.1. The Bertz CT molecular complexity index is 670. The zero-order chi connectivity index (χ0) is 17.6. The number of nitrogens with zero attached hydrogens (tertiary/aromatic N) is 1. The van der Waals surface area contributed by atoms with E-state index in [0.29, 0.717) is 18.3 Å². The van der Waals surface area contributed by atoms with Crippen molar-refractivity contribution in [1.82, 2.24) is 10.3 Å². The van der Waals surface area contributed by atoms with Crippen LogP contribution in [0.1, 0.15) is 21.5 Å². The van der Waals surface area contributed by atoms with Crippen molar-refractivity contribution in [3.8, 4) is 5.88 Å². The van der Waals surface area contributed by atoms with Crippen LogP contribution >= 0.6 is 0 Å². The van der Waals surface area contributed by atoms with Crippen molar-refractivity contribution in [2.24, 2.45) is 5.73 Å². The normalized spacial score (nSPS) is 11.2. The van der Waals surface area contributed by atoms with E-state index < -0.39 is 11.7 Å². The van der Waals surface area contributed by atoms with Gasteiger partial charge in [-0.15, -0.1) is 0 Å². The van der Waals surface area contributed by atoms with E-state index in [1.54, 1.807) is 24.3 Å². The van der Waals surface area contributed by atoms with Crippen LogP contribution in [0.15, 0.2) is 42.6 Å². The molecule has 0 saturated heterocycles. The Labute approximate surface area is 136 Å². The number of halogens is 3. The topological polar surface area (TPSA) is 77.2 Å². The van der Waals surface area contributed by atoms with Gasteiger partial charge >= 0.3 is 6.18 Å². The van der Waals surface area contributed by atoms with Crippen LogP contribution in [0.3, 0.4) is 0 Å². The van der Waals surface area contributed by atoms with Gasteiger partial charge in [0.05, 0.1) is 12.1 Å². The first-order valence-corrected chi connectivity index (χ1v) is 7.13. The lowest BCUT2D eigenvalue weighted by Gasteiger charge is -2.09. The molecular weight excluding hydrogens is 323 g/mol. The maximum atomic E-state index is 12.4.